The second kappa shape index (κ2) is 6.66. The van der Waals surface area contributed by atoms with E-state index < -0.39 is 23.7 Å². The molecule has 3 rings (SSSR count). The van der Waals surface area contributed by atoms with E-state index in [0.717, 1.165) is 4.88 Å². The molecule has 3 aromatic rings. The first kappa shape index (κ1) is 16.5. The third-order valence-electron chi connectivity index (χ3n) is 3.03. The summed E-state index contributed by atoms with van der Waals surface area (Å²) in [7, 11) is 0. The Bertz CT molecular complexity index is 883. The summed E-state index contributed by atoms with van der Waals surface area (Å²) in [6.45, 7) is 1.51. The maximum Gasteiger partial charge on any atom is 0.340 e. The molecule has 0 saturated heterocycles. The van der Waals surface area contributed by atoms with Gasteiger partial charge in [-0.2, -0.15) is 0 Å². The molecule has 0 fully saturated rings. The van der Waals surface area contributed by atoms with E-state index in [9.17, 15) is 13.6 Å². The molecule has 1 unspecified atom stereocenters. The number of carbonyl (C=O) groups is 1. The molecule has 9 heteroatoms. The smallest absolute Gasteiger partial charge is 0.340 e. The predicted octanol–water partition coefficient (Wildman–Crippen LogP) is 4.65. The highest BCUT2D eigenvalue weighted by atomic mass is 35.5. The minimum Gasteiger partial charge on any atom is -0.449 e. The van der Waals surface area contributed by atoms with Crippen LogP contribution in [-0.4, -0.2) is 16.2 Å². The average Bonchev–Trinajstić information content (AvgIpc) is 3.20. The Morgan fingerprint density at radius 2 is 2.08 bits per heavy atom. The lowest BCUT2D eigenvalue weighted by atomic mass is 10.2. The van der Waals surface area contributed by atoms with E-state index in [1.807, 2.05) is 11.4 Å². The molecule has 2 heterocycles. The van der Waals surface area contributed by atoms with Crippen molar-refractivity contribution in [1.82, 2.24) is 10.2 Å². The van der Waals surface area contributed by atoms with Crippen molar-refractivity contribution < 1.29 is 22.7 Å². The Labute approximate surface area is 143 Å². The van der Waals surface area contributed by atoms with Crippen molar-refractivity contribution >= 4 is 28.9 Å². The van der Waals surface area contributed by atoms with Crippen molar-refractivity contribution in [3.63, 3.8) is 0 Å². The van der Waals surface area contributed by atoms with E-state index in [1.165, 1.54) is 18.3 Å². The number of halogens is 3. The molecule has 0 amide bonds. The van der Waals surface area contributed by atoms with Gasteiger partial charge in [0.1, 0.15) is 0 Å². The van der Waals surface area contributed by atoms with Crippen molar-refractivity contribution in [3.8, 4) is 10.8 Å². The largest absolute Gasteiger partial charge is 0.449 e. The number of hydrogen-bond donors (Lipinski definition) is 0. The van der Waals surface area contributed by atoms with Gasteiger partial charge in [-0.25, -0.2) is 13.6 Å². The Balaban J connectivity index is 1.76. The van der Waals surface area contributed by atoms with Crippen molar-refractivity contribution in [2.75, 3.05) is 0 Å². The lowest BCUT2D eigenvalue weighted by Crippen LogP contribution is -2.11. The van der Waals surface area contributed by atoms with Crippen LogP contribution in [0.1, 0.15) is 29.3 Å². The van der Waals surface area contributed by atoms with E-state index in [1.54, 1.807) is 6.07 Å². The van der Waals surface area contributed by atoms with Gasteiger partial charge in [-0.15, -0.1) is 21.5 Å². The van der Waals surface area contributed by atoms with Gasteiger partial charge in [0, 0.05) is 0 Å². The number of rotatable bonds is 4. The van der Waals surface area contributed by atoms with Crippen LogP contribution in [0.3, 0.4) is 0 Å². The van der Waals surface area contributed by atoms with Crippen LogP contribution >= 0.6 is 22.9 Å². The molecule has 1 aromatic carbocycles. The summed E-state index contributed by atoms with van der Waals surface area (Å²) in [5.74, 6) is -2.90. The fourth-order valence-electron chi connectivity index (χ4n) is 1.85. The number of hydrogen-bond acceptors (Lipinski definition) is 6. The van der Waals surface area contributed by atoms with Crippen LogP contribution < -0.4 is 0 Å². The van der Waals surface area contributed by atoms with Gasteiger partial charge in [-0.1, -0.05) is 17.7 Å². The molecule has 0 N–H and O–H groups in total. The highest BCUT2D eigenvalue weighted by molar-refractivity contribution is 7.13. The molecule has 0 spiro atoms. The third-order valence-corrected chi connectivity index (χ3v) is 4.20. The SMILES string of the molecule is CC(OC(=O)c1cc(F)c(F)cc1Cl)c1nnc(-c2cccs2)o1. The van der Waals surface area contributed by atoms with Gasteiger partial charge >= 0.3 is 5.97 Å². The molecule has 5 nitrogen and oxygen atoms in total. The van der Waals surface area contributed by atoms with Crippen LogP contribution in [0.15, 0.2) is 34.1 Å². The zero-order valence-electron chi connectivity index (χ0n) is 12.1. The highest BCUT2D eigenvalue weighted by Crippen LogP contribution is 2.27. The second-order valence-electron chi connectivity index (χ2n) is 4.72. The normalized spacial score (nSPS) is 12.2. The molecule has 0 bridgehead atoms. The lowest BCUT2D eigenvalue weighted by Gasteiger charge is -2.10. The Morgan fingerprint density at radius 1 is 1.33 bits per heavy atom. The minimum atomic E-state index is -1.20. The number of aromatic nitrogens is 2. The lowest BCUT2D eigenvalue weighted by molar-refractivity contribution is 0.0279. The number of ether oxygens (including phenoxy) is 1. The van der Waals surface area contributed by atoms with Gasteiger partial charge in [0.05, 0.1) is 15.5 Å². The first-order valence-corrected chi connectivity index (χ1v) is 7.94. The fourth-order valence-corrected chi connectivity index (χ4v) is 2.72. The molecule has 0 aliphatic carbocycles. The summed E-state index contributed by atoms with van der Waals surface area (Å²) in [6, 6.07) is 5.02. The molecule has 0 radical (unpaired) electrons. The van der Waals surface area contributed by atoms with Gasteiger partial charge in [0.15, 0.2) is 17.7 Å². The topological polar surface area (TPSA) is 65.2 Å². The van der Waals surface area contributed by atoms with E-state index >= 15 is 0 Å². The maximum atomic E-state index is 13.3. The molecule has 1 atom stereocenters. The van der Waals surface area contributed by atoms with Crippen LogP contribution in [0.5, 0.6) is 0 Å². The molecule has 0 saturated carbocycles. The number of benzene rings is 1. The van der Waals surface area contributed by atoms with Crippen LogP contribution in [0.2, 0.25) is 5.02 Å². The minimum absolute atomic E-state index is 0.0745. The molecular formula is C15H9ClF2N2O3S. The number of carbonyl (C=O) groups excluding carboxylic acids is 1. The molecule has 0 aliphatic heterocycles. The molecule has 2 aromatic heterocycles. The monoisotopic (exact) mass is 370 g/mol. The second-order valence-corrected chi connectivity index (χ2v) is 6.07. The van der Waals surface area contributed by atoms with Gasteiger partial charge in [0.25, 0.3) is 11.8 Å². The van der Waals surface area contributed by atoms with E-state index in [2.05, 4.69) is 10.2 Å². The standard InChI is InChI=1S/C15H9ClF2N2O3S/c1-7(13-19-20-14(23-13)12-3-2-4-24-12)22-15(21)8-5-10(17)11(18)6-9(8)16/h2-7H,1H3. The Morgan fingerprint density at radius 3 is 2.79 bits per heavy atom. The molecule has 0 aliphatic rings. The number of nitrogens with zero attached hydrogens (tertiary/aromatic N) is 2. The summed E-state index contributed by atoms with van der Waals surface area (Å²) in [5.41, 5.74) is -0.291. The van der Waals surface area contributed by atoms with Crippen LogP contribution in [0.25, 0.3) is 10.8 Å². The van der Waals surface area contributed by atoms with E-state index in [-0.39, 0.29) is 16.5 Å². The first-order valence-electron chi connectivity index (χ1n) is 6.68. The van der Waals surface area contributed by atoms with Crippen LogP contribution in [0.4, 0.5) is 8.78 Å². The summed E-state index contributed by atoms with van der Waals surface area (Å²) < 4.78 is 36.9. The van der Waals surface area contributed by atoms with Gasteiger partial charge in [-0.05, 0) is 30.5 Å². The van der Waals surface area contributed by atoms with E-state index in [4.69, 9.17) is 20.8 Å². The zero-order valence-corrected chi connectivity index (χ0v) is 13.7. The summed E-state index contributed by atoms with van der Waals surface area (Å²) in [6.07, 6.45) is -0.886. The average molecular weight is 371 g/mol. The quantitative estimate of drug-likeness (QED) is 0.494. The third kappa shape index (κ3) is 3.29. The molecule has 124 valence electrons. The zero-order chi connectivity index (χ0) is 17.3. The summed E-state index contributed by atoms with van der Waals surface area (Å²) in [5, 5.41) is 9.29. The summed E-state index contributed by atoms with van der Waals surface area (Å²) in [4.78, 5) is 12.8. The van der Waals surface area contributed by atoms with Gasteiger partial charge in [0.2, 0.25) is 0 Å². The van der Waals surface area contributed by atoms with E-state index in [0.29, 0.717) is 18.0 Å². The Hall–Kier alpha value is -2.32. The number of esters is 1. The maximum absolute atomic E-state index is 13.3. The highest BCUT2D eigenvalue weighted by Gasteiger charge is 2.23. The van der Waals surface area contributed by atoms with Crippen molar-refractivity contribution in [2.45, 2.75) is 13.0 Å². The van der Waals surface area contributed by atoms with Crippen LogP contribution in [0, 0.1) is 11.6 Å². The van der Waals surface area contributed by atoms with Crippen molar-refractivity contribution in [2.24, 2.45) is 0 Å². The first-order chi connectivity index (χ1) is 11.5. The van der Waals surface area contributed by atoms with Crippen molar-refractivity contribution in [3.05, 3.63) is 57.8 Å². The van der Waals surface area contributed by atoms with Crippen molar-refractivity contribution in [1.29, 1.82) is 0 Å². The van der Waals surface area contributed by atoms with Crippen LogP contribution in [-0.2, 0) is 4.74 Å². The molecule has 24 heavy (non-hydrogen) atoms. The Kier molecular flexibility index (Phi) is 4.59. The number of thiophene rings is 1. The predicted molar refractivity (Wildman–Crippen MR) is 82.8 cm³/mol. The molecular weight excluding hydrogens is 362 g/mol. The van der Waals surface area contributed by atoms with Gasteiger partial charge < -0.3 is 9.15 Å². The summed E-state index contributed by atoms with van der Waals surface area (Å²) >= 11 is 7.16. The van der Waals surface area contributed by atoms with Gasteiger partial charge in [-0.3, -0.25) is 0 Å². The fraction of sp³-hybridized carbons (Fsp3) is 0.133.